The lowest BCUT2D eigenvalue weighted by atomic mass is 9.92. The number of benzene rings is 10. The predicted molar refractivity (Wildman–Crippen MR) is 463 cm³/mol. The molecule has 0 N–H and O–H groups in total. The summed E-state index contributed by atoms with van der Waals surface area (Å²) in [7, 11) is 0. The molecule has 0 amide bonds. The molecule has 0 radical (unpaired) electrons. The van der Waals surface area contributed by atoms with E-state index in [4.69, 9.17) is 24.7 Å². The van der Waals surface area contributed by atoms with Gasteiger partial charge < -0.3 is 4.74 Å². The summed E-state index contributed by atoms with van der Waals surface area (Å²) in [6.45, 7) is 24.9. The van der Waals surface area contributed by atoms with Crippen molar-refractivity contribution < 1.29 is 4.74 Å². The summed E-state index contributed by atoms with van der Waals surface area (Å²) in [6.07, 6.45) is 35.1. The van der Waals surface area contributed by atoms with E-state index < -0.39 is 0 Å². The molecular formula is C103H118N4O. The summed E-state index contributed by atoms with van der Waals surface area (Å²) in [4.78, 5) is 20.3. The maximum absolute atomic E-state index is 6.63. The first kappa shape index (κ1) is 79.2. The van der Waals surface area contributed by atoms with Gasteiger partial charge in [0.15, 0.2) is 11.6 Å². The normalized spacial score (nSPS) is 11.2. The number of aryl methyl sites for hydroxylation is 10. The van der Waals surface area contributed by atoms with Crippen LogP contribution in [0.25, 0.3) is 112 Å². The van der Waals surface area contributed by atoms with Crippen molar-refractivity contribution in [2.75, 3.05) is 6.61 Å². The summed E-state index contributed by atoms with van der Waals surface area (Å²) in [6, 6.07) is 76.2. The number of aromatic nitrogens is 4. The maximum atomic E-state index is 6.63. The molecule has 108 heavy (non-hydrogen) atoms. The second kappa shape index (κ2) is 40.4. The quantitative estimate of drug-likeness (QED) is 0.0371. The van der Waals surface area contributed by atoms with E-state index in [2.05, 4.69) is 289 Å². The van der Waals surface area contributed by atoms with Crippen LogP contribution < -0.4 is 4.74 Å². The van der Waals surface area contributed by atoms with Crippen LogP contribution in [0.2, 0.25) is 0 Å². The Morgan fingerprint density at radius 1 is 0.250 bits per heavy atom. The van der Waals surface area contributed by atoms with Crippen molar-refractivity contribution in [2.24, 2.45) is 0 Å². The van der Waals surface area contributed by atoms with E-state index in [9.17, 15) is 0 Å². The van der Waals surface area contributed by atoms with Crippen molar-refractivity contribution in [3.05, 3.63) is 280 Å². The van der Waals surface area contributed by atoms with Crippen LogP contribution in [0, 0.1) is 55.4 Å². The van der Waals surface area contributed by atoms with Crippen molar-refractivity contribution >= 4 is 0 Å². The highest BCUT2D eigenvalue weighted by molar-refractivity contribution is 5.85. The molecule has 0 aliphatic carbocycles. The number of unbranched alkanes of at least 4 members (excludes halogenated alkanes) is 18. The molecule has 5 heteroatoms. The fourth-order valence-corrected chi connectivity index (χ4v) is 15.6. The van der Waals surface area contributed by atoms with Crippen molar-refractivity contribution in [3.8, 4) is 118 Å². The maximum Gasteiger partial charge on any atom is 0.159 e. The zero-order valence-corrected chi connectivity index (χ0v) is 67.0. The highest BCUT2D eigenvalue weighted by Gasteiger charge is 2.18. The summed E-state index contributed by atoms with van der Waals surface area (Å²) < 4.78 is 6.63. The zero-order chi connectivity index (χ0) is 75.6. The van der Waals surface area contributed by atoms with Gasteiger partial charge in [0, 0.05) is 40.8 Å². The second-order valence-corrected chi connectivity index (χ2v) is 31.0. The van der Waals surface area contributed by atoms with Gasteiger partial charge in [-0.1, -0.05) is 326 Å². The highest BCUT2D eigenvalue weighted by atomic mass is 16.5. The molecular weight excluding hydrogens is 1310 g/mol. The van der Waals surface area contributed by atoms with Gasteiger partial charge in [0.1, 0.15) is 5.75 Å². The topological polar surface area (TPSA) is 60.8 Å². The van der Waals surface area contributed by atoms with Crippen molar-refractivity contribution in [1.29, 1.82) is 0 Å². The van der Waals surface area contributed by atoms with Crippen molar-refractivity contribution in [3.63, 3.8) is 0 Å². The molecule has 0 spiro atoms. The van der Waals surface area contributed by atoms with Gasteiger partial charge in [0.25, 0.3) is 0 Å². The molecule has 2 aromatic heterocycles. The Bertz CT molecular complexity index is 4690. The molecule has 12 rings (SSSR count). The van der Waals surface area contributed by atoms with E-state index in [1.54, 1.807) is 0 Å². The molecule has 0 bridgehead atoms. The minimum Gasteiger partial charge on any atom is -0.493 e. The van der Waals surface area contributed by atoms with E-state index in [1.165, 1.54) is 233 Å². The lowest BCUT2D eigenvalue weighted by molar-refractivity contribution is 0.305. The lowest BCUT2D eigenvalue weighted by Gasteiger charge is -2.16. The van der Waals surface area contributed by atoms with E-state index in [1.807, 2.05) is 12.4 Å². The first-order valence-electron chi connectivity index (χ1n) is 41.0. The molecule has 12 aromatic rings. The first-order valence-corrected chi connectivity index (χ1v) is 41.0. The number of hydrogen-bond donors (Lipinski definition) is 0. The van der Waals surface area contributed by atoms with Gasteiger partial charge in [-0.15, -0.1) is 0 Å². The van der Waals surface area contributed by atoms with Crippen LogP contribution in [0.1, 0.15) is 211 Å². The Morgan fingerprint density at radius 3 is 1.00 bits per heavy atom. The zero-order valence-electron chi connectivity index (χ0n) is 67.0. The molecule has 0 fully saturated rings. The molecule has 5 nitrogen and oxygen atoms in total. The highest BCUT2D eigenvalue weighted by Crippen LogP contribution is 2.40. The van der Waals surface area contributed by atoms with Crippen LogP contribution >= 0.6 is 0 Å². The van der Waals surface area contributed by atoms with E-state index in [-0.39, 0.29) is 0 Å². The summed E-state index contributed by atoms with van der Waals surface area (Å²) in [5, 5.41) is 0. The monoisotopic (exact) mass is 1430 g/mol. The molecule has 0 aliphatic heterocycles. The van der Waals surface area contributed by atoms with Crippen LogP contribution in [0.5, 0.6) is 5.75 Å². The minimum absolute atomic E-state index is 0.711. The molecule has 2 heterocycles. The van der Waals surface area contributed by atoms with Crippen molar-refractivity contribution in [1.82, 2.24) is 19.9 Å². The van der Waals surface area contributed by atoms with E-state index in [0.29, 0.717) is 6.61 Å². The third-order valence-electron chi connectivity index (χ3n) is 21.0. The largest absolute Gasteiger partial charge is 0.493 e. The number of ether oxygens (including phenoxy) is 1. The molecule has 10 aromatic carbocycles. The molecule has 0 aliphatic rings. The van der Waals surface area contributed by atoms with Gasteiger partial charge in [-0.25, -0.2) is 19.9 Å². The Balaban J connectivity index is 0.000000217. The van der Waals surface area contributed by atoms with Crippen LogP contribution in [0.15, 0.2) is 225 Å². The van der Waals surface area contributed by atoms with Gasteiger partial charge in [0.05, 0.1) is 12.3 Å². The molecule has 0 saturated heterocycles. The average molecular weight is 1430 g/mol. The summed E-state index contributed by atoms with van der Waals surface area (Å²) in [5.41, 5.74) is 33.6. The second-order valence-electron chi connectivity index (χ2n) is 31.0. The van der Waals surface area contributed by atoms with Gasteiger partial charge in [-0.2, -0.15) is 0 Å². The van der Waals surface area contributed by atoms with Crippen LogP contribution in [-0.2, 0) is 12.8 Å². The Labute approximate surface area is 649 Å². The minimum atomic E-state index is 0.711. The predicted octanol–water partition coefficient (Wildman–Crippen LogP) is 29.8. The summed E-state index contributed by atoms with van der Waals surface area (Å²) in [5.74, 6) is 2.42. The van der Waals surface area contributed by atoms with Crippen molar-refractivity contribution in [2.45, 2.75) is 224 Å². The summed E-state index contributed by atoms with van der Waals surface area (Å²) >= 11 is 0. The fraction of sp³-hybridized carbons (Fsp3) is 0.340. The van der Waals surface area contributed by atoms with Crippen LogP contribution in [0.4, 0.5) is 0 Å². The molecule has 0 atom stereocenters. The Hall–Kier alpha value is -9.84. The number of hydrogen-bond acceptors (Lipinski definition) is 5. The fourth-order valence-electron chi connectivity index (χ4n) is 15.6. The Morgan fingerprint density at radius 2 is 0.574 bits per heavy atom. The van der Waals surface area contributed by atoms with Crippen LogP contribution in [0.3, 0.4) is 0 Å². The van der Waals surface area contributed by atoms with E-state index in [0.717, 1.165) is 87.7 Å². The average Bonchev–Trinajstić information content (AvgIpc) is 0.791. The number of nitrogens with zero attached hydrogens (tertiary/aromatic N) is 4. The first-order chi connectivity index (χ1) is 52.6. The van der Waals surface area contributed by atoms with Gasteiger partial charge in [0.2, 0.25) is 0 Å². The van der Waals surface area contributed by atoms with Crippen LogP contribution in [-0.4, -0.2) is 26.5 Å². The molecule has 556 valence electrons. The standard InChI is InChI=1S/C55H66N2O.C48H52N2/c1-7-9-11-13-14-15-17-19-29-58-53-28-27-48(38-52(53)46-25-20-23-44(36-46)50-32-40(3)30-41(4)33-50)55-56-39-49(22-18-16-12-10-8-2)54(57-55)47-26-21-24-45(37-47)51-34-42(5)31-43(6)35-51;1-6-7-8-9-10-11-12-13-16-38-32-49-48(50-33-38)47-30-45(41-19-14-17-39(27-41)43-23-34(2)21-35(3)24-43)29-46(31-47)42-20-15-18-40(28-42)44-25-36(4)22-37(5)26-44/h20-21,23-28,30-39H,7-19,22,29H2,1-6H3;14-15,17-33H,6-13,16H2,1-5H3. The molecule has 0 unspecified atom stereocenters. The van der Waals surface area contributed by atoms with Gasteiger partial charge >= 0.3 is 0 Å². The number of rotatable bonds is 35. The van der Waals surface area contributed by atoms with Gasteiger partial charge in [-0.05, 0) is 232 Å². The SMILES string of the molecule is CCCCCCCCCCOc1ccc(-c2ncc(CCCCCCC)c(-c3cccc(-c4cc(C)cc(C)c4)c3)n2)cc1-c1cccc(-c2cc(C)cc(C)c2)c1.CCCCCCCCCCc1cnc(-c2cc(-c3cccc(-c4cc(C)cc(C)c4)c3)cc(-c3cccc(-c4cc(C)cc(C)c4)c3)c2)nc1. The molecule has 0 saturated carbocycles. The lowest BCUT2D eigenvalue weighted by Crippen LogP contribution is -2.01. The third-order valence-corrected chi connectivity index (χ3v) is 21.0. The third kappa shape index (κ3) is 23.1. The van der Waals surface area contributed by atoms with E-state index >= 15 is 0 Å². The van der Waals surface area contributed by atoms with Gasteiger partial charge in [-0.3, -0.25) is 0 Å². The Kier molecular flexibility index (Phi) is 29.6. The smallest absolute Gasteiger partial charge is 0.159 e.